The van der Waals surface area contributed by atoms with Gasteiger partial charge in [-0.2, -0.15) is 0 Å². The van der Waals surface area contributed by atoms with Gasteiger partial charge in [0.25, 0.3) is 0 Å². The number of ether oxygens (including phenoxy) is 1. The van der Waals surface area contributed by atoms with Gasteiger partial charge in [-0.1, -0.05) is 35.0 Å². The molecular weight excluding hydrogens is 322 g/mol. The third-order valence-electron chi connectivity index (χ3n) is 4.03. The minimum atomic E-state index is -0.763. The maximum absolute atomic E-state index is 11.4. The molecule has 0 aliphatic carbocycles. The second-order valence-corrected chi connectivity index (χ2v) is 5.98. The lowest BCUT2D eigenvalue weighted by Gasteiger charge is -2.45. The van der Waals surface area contributed by atoms with Crippen LogP contribution in [0.4, 0.5) is 0 Å². The van der Waals surface area contributed by atoms with Crippen molar-refractivity contribution in [2.45, 2.75) is 25.3 Å². The van der Waals surface area contributed by atoms with Gasteiger partial charge >= 0.3 is 5.97 Å². The monoisotopic (exact) mass is 341 g/mol. The summed E-state index contributed by atoms with van der Waals surface area (Å²) in [6.07, 6.45) is 0.881. The van der Waals surface area contributed by atoms with Crippen molar-refractivity contribution in [3.05, 3.63) is 34.3 Å². The van der Waals surface area contributed by atoms with E-state index in [9.17, 15) is 9.90 Å². The molecule has 0 radical (unpaired) electrons. The Morgan fingerprint density at radius 1 is 1.35 bits per heavy atom. The summed E-state index contributed by atoms with van der Waals surface area (Å²) in [5.41, 5.74) is 0.614. The number of nitrogens with zero attached hydrogens (tertiary/aromatic N) is 1. The second-order valence-electron chi connectivity index (χ2n) is 5.06. The van der Waals surface area contributed by atoms with Gasteiger partial charge in [0.2, 0.25) is 0 Å². The Labute approximate surface area is 127 Å². The zero-order chi connectivity index (χ0) is 14.6. The van der Waals surface area contributed by atoms with E-state index in [0.29, 0.717) is 13.2 Å². The fourth-order valence-electron chi connectivity index (χ4n) is 2.95. The second kappa shape index (κ2) is 6.70. The van der Waals surface area contributed by atoms with Crippen molar-refractivity contribution < 1.29 is 14.6 Å². The SMILES string of the molecule is CCC(CC(=O)O)(c1ccc(Br)cc1)N1CCOCC1. The number of carboxylic acid groups (broad SMARTS) is 1. The number of benzene rings is 1. The maximum atomic E-state index is 11.4. The Hall–Kier alpha value is -0.910. The molecule has 1 unspecified atom stereocenters. The van der Waals surface area contributed by atoms with Crippen LogP contribution in [0.3, 0.4) is 0 Å². The minimum Gasteiger partial charge on any atom is -0.481 e. The minimum absolute atomic E-state index is 0.116. The van der Waals surface area contributed by atoms with Crippen molar-refractivity contribution >= 4 is 21.9 Å². The molecule has 0 amide bonds. The largest absolute Gasteiger partial charge is 0.481 e. The normalized spacial score (nSPS) is 19.5. The lowest BCUT2D eigenvalue weighted by Crippen LogP contribution is -2.52. The first-order valence-electron chi connectivity index (χ1n) is 6.89. The van der Waals surface area contributed by atoms with Crippen LogP contribution in [0.25, 0.3) is 0 Å². The molecule has 1 saturated heterocycles. The van der Waals surface area contributed by atoms with Crippen LogP contribution in [0.15, 0.2) is 28.7 Å². The van der Waals surface area contributed by atoms with Crippen LogP contribution < -0.4 is 0 Å². The molecule has 1 atom stereocenters. The third kappa shape index (κ3) is 3.22. The van der Waals surface area contributed by atoms with Crippen molar-refractivity contribution in [1.82, 2.24) is 4.90 Å². The van der Waals surface area contributed by atoms with Gasteiger partial charge in [-0.3, -0.25) is 9.69 Å². The van der Waals surface area contributed by atoms with Gasteiger partial charge in [-0.05, 0) is 24.1 Å². The van der Waals surface area contributed by atoms with Gasteiger partial charge < -0.3 is 9.84 Å². The van der Waals surface area contributed by atoms with E-state index in [-0.39, 0.29) is 6.42 Å². The Kier molecular flexibility index (Phi) is 5.18. The molecule has 1 heterocycles. The molecule has 0 spiro atoms. The van der Waals surface area contributed by atoms with Gasteiger partial charge in [-0.15, -0.1) is 0 Å². The third-order valence-corrected chi connectivity index (χ3v) is 4.56. The number of halogens is 1. The van der Waals surface area contributed by atoms with E-state index >= 15 is 0 Å². The van der Waals surface area contributed by atoms with Crippen molar-refractivity contribution in [1.29, 1.82) is 0 Å². The summed E-state index contributed by atoms with van der Waals surface area (Å²) in [5, 5.41) is 9.36. The fourth-order valence-corrected chi connectivity index (χ4v) is 3.22. The number of rotatable bonds is 5. The Bertz CT molecular complexity index is 457. The van der Waals surface area contributed by atoms with Crippen LogP contribution in [0, 0.1) is 0 Å². The molecule has 1 aromatic carbocycles. The highest BCUT2D eigenvalue weighted by Crippen LogP contribution is 2.36. The molecule has 0 aromatic heterocycles. The quantitative estimate of drug-likeness (QED) is 0.894. The predicted molar refractivity (Wildman–Crippen MR) is 80.8 cm³/mol. The summed E-state index contributed by atoms with van der Waals surface area (Å²) < 4.78 is 6.41. The Balaban J connectivity index is 2.39. The number of aliphatic carboxylic acids is 1. The summed E-state index contributed by atoms with van der Waals surface area (Å²) in [6, 6.07) is 7.99. The van der Waals surface area contributed by atoms with Gasteiger partial charge in [0.15, 0.2) is 0 Å². The molecule has 20 heavy (non-hydrogen) atoms. The van der Waals surface area contributed by atoms with Gasteiger partial charge in [0.1, 0.15) is 0 Å². The van der Waals surface area contributed by atoms with Crippen LogP contribution in [0.5, 0.6) is 0 Å². The van der Waals surface area contributed by atoms with E-state index in [2.05, 4.69) is 27.8 Å². The zero-order valence-electron chi connectivity index (χ0n) is 11.6. The molecule has 1 N–H and O–H groups in total. The summed E-state index contributed by atoms with van der Waals surface area (Å²) in [5.74, 6) is -0.763. The molecule has 1 aliphatic heterocycles. The lowest BCUT2D eigenvalue weighted by molar-refractivity contribution is -0.142. The number of carbonyl (C=O) groups is 1. The molecule has 0 bridgehead atoms. The molecule has 110 valence electrons. The van der Waals surface area contributed by atoms with Crippen LogP contribution in [0.1, 0.15) is 25.3 Å². The smallest absolute Gasteiger partial charge is 0.305 e. The van der Waals surface area contributed by atoms with Gasteiger partial charge in [-0.25, -0.2) is 0 Å². The first kappa shape index (κ1) is 15.5. The first-order valence-corrected chi connectivity index (χ1v) is 7.68. The van der Waals surface area contributed by atoms with E-state index in [4.69, 9.17) is 4.74 Å². The number of carboxylic acids is 1. The number of hydrogen-bond donors (Lipinski definition) is 1. The van der Waals surface area contributed by atoms with E-state index in [1.807, 2.05) is 24.3 Å². The molecular formula is C15H20BrNO3. The summed E-state index contributed by atoms with van der Waals surface area (Å²) >= 11 is 3.43. The van der Waals surface area contributed by atoms with E-state index in [0.717, 1.165) is 29.5 Å². The summed E-state index contributed by atoms with van der Waals surface area (Å²) in [6.45, 7) is 4.94. The molecule has 2 rings (SSSR count). The summed E-state index contributed by atoms with van der Waals surface area (Å²) in [7, 11) is 0. The summed E-state index contributed by atoms with van der Waals surface area (Å²) in [4.78, 5) is 13.6. The topological polar surface area (TPSA) is 49.8 Å². The molecule has 4 nitrogen and oxygen atoms in total. The molecule has 1 aromatic rings. The average Bonchev–Trinajstić information content (AvgIpc) is 2.46. The average molecular weight is 342 g/mol. The van der Waals surface area contributed by atoms with Crippen molar-refractivity contribution in [3.8, 4) is 0 Å². The lowest BCUT2D eigenvalue weighted by atomic mass is 9.82. The highest BCUT2D eigenvalue weighted by atomic mass is 79.9. The van der Waals surface area contributed by atoms with Crippen molar-refractivity contribution in [2.75, 3.05) is 26.3 Å². The Morgan fingerprint density at radius 3 is 2.45 bits per heavy atom. The van der Waals surface area contributed by atoms with Crippen molar-refractivity contribution in [3.63, 3.8) is 0 Å². The molecule has 0 saturated carbocycles. The Morgan fingerprint density at radius 2 is 1.95 bits per heavy atom. The van der Waals surface area contributed by atoms with Crippen LogP contribution in [0.2, 0.25) is 0 Å². The van der Waals surface area contributed by atoms with Crippen LogP contribution in [-0.4, -0.2) is 42.3 Å². The van der Waals surface area contributed by atoms with Crippen LogP contribution >= 0.6 is 15.9 Å². The molecule has 5 heteroatoms. The zero-order valence-corrected chi connectivity index (χ0v) is 13.2. The van der Waals surface area contributed by atoms with Crippen molar-refractivity contribution in [2.24, 2.45) is 0 Å². The highest BCUT2D eigenvalue weighted by molar-refractivity contribution is 9.10. The van der Waals surface area contributed by atoms with Crippen LogP contribution in [-0.2, 0) is 15.1 Å². The van der Waals surface area contributed by atoms with E-state index in [1.165, 1.54) is 0 Å². The number of morpholine rings is 1. The predicted octanol–water partition coefficient (Wildman–Crippen LogP) is 2.86. The maximum Gasteiger partial charge on any atom is 0.305 e. The highest BCUT2D eigenvalue weighted by Gasteiger charge is 2.39. The molecule has 1 aliphatic rings. The van der Waals surface area contributed by atoms with E-state index in [1.54, 1.807) is 0 Å². The van der Waals surface area contributed by atoms with E-state index < -0.39 is 11.5 Å². The van der Waals surface area contributed by atoms with Gasteiger partial charge in [0.05, 0.1) is 25.2 Å². The fraction of sp³-hybridized carbons (Fsp3) is 0.533. The number of hydrogen-bond acceptors (Lipinski definition) is 3. The standard InChI is InChI=1S/C15H20BrNO3/c1-2-15(11-14(18)19,17-7-9-20-10-8-17)12-3-5-13(16)6-4-12/h3-6H,2,7-11H2,1H3,(H,18,19). The molecule has 1 fully saturated rings. The van der Waals surface area contributed by atoms with Gasteiger partial charge in [0, 0.05) is 17.6 Å². The first-order chi connectivity index (χ1) is 9.58.